The number of thioether (sulfide) groups is 1. The van der Waals surface area contributed by atoms with E-state index in [1.807, 2.05) is 11.6 Å². The van der Waals surface area contributed by atoms with Crippen molar-refractivity contribution >= 4 is 11.8 Å². The van der Waals surface area contributed by atoms with Crippen LogP contribution in [0.15, 0.2) is 11.5 Å². The Kier molecular flexibility index (Phi) is 5.84. The Labute approximate surface area is 102 Å². The standard InChI is InChI=1S/C11H22N4S/c1-5-10(6-2)12-7-9(3)16-11-14-13-8-15(11)4/h8-10,12H,5-7H2,1-4H3. The Hall–Kier alpha value is -0.550. The van der Waals surface area contributed by atoms with Gasteiger partial charge in [-0.05, 0) is 12.8 Å². The monoisotopic (exact) mass is 242 g/mol. The van der Waals surface area contributed by atoms with Gasteiger partial charge in [-0.25, -0.2) is 0 Å². The van der Waals surface area contributed by atoms with Crippen LogP contribution in [0.5, 0.6) is 0 Å². The van der Waals surface area contributed by atoms with Gasteiger partial charge < -0.3 is 9.88 Å². The van der Waals surface area contributed by atoms with E-state index in [0.29, 0.717) is 11.3 Å². The maximum absolute atomic E-state index is 4.07. The molecule has 0 fully saturated rings. The number of aryl methyl sites for hydroxylation is 1. The second-order valence-electron chi connectivity index (χ2n) is 4.07. The summed E-state index contributed by atoms with van der Waals surface area (Å²) in [6.45, 7) is 7.68. The summed E-state index contributed by atoms with van der Waals surface area (Å²) in [6.07, 6.45) is 4.12. The van der Waals surface area contributed by atoms with Crippen molar-refractivity contribution in [2.75, 3.05) is 6.54 Å². The first-order valence-corrected chi connectivity index (χ1v) is 6.79. The molecule has 5 heteroatoms. The topological polar surface area (TPSA) is 42.7 Å². The summed E-state index contributed by atoms with van der Waals surface area (Å²) in [6, 6.07) is 0.641. The van der Waals surface area contributed by atoms with Gasteiger partial charge in [-0.3, -0.25) is 0 Å². The van der Waals surface area contributed by atoms with Gasteiger partial charge in [-0.1, -0.05) is 32.5 Å². The Balaban J connectivity index is 2.31. The highest BCUT2D eigenvalue weighted by atomic mass is 32.2. The van der Waals surface area contributed by atoms with E-state index in [2.05, 4.69) is 36.3 Å². The van der Waals surface area contributed by atoms with E-state index >= 15 is 0 Å². The first-order valence-electron chi connectivity index (χ1n) is 5.91. The Morgan fingerprint density at radius 3 is 2.62 bits per heavy atom. The lowest BCUT2D eigenvalue weighted by Crippen LogP contribution is -2.32. The quantitative estimate of drug-likeness (QED) is 0.743. The molecule has 0 saturated heterocycles. The van der Waals surface area contributed by atoms with Gasteiger partial charge in [0.1, 0.15) is 6.33 Å². The molecule has 1 aromatic heterocycles. The number of hydrogen-bond acceptors (Lipinski definition) is 4. The third-order valence-electron chi connectivity index (χ3n) is 2.66. The Bertz CT molecular complexity index is 296. The predicted molar refractivity (Wildman–Crippen MR) is 68.7 cm³/mol. The van der Waals surface area contributed by atoms with Crippen LogP contribution in [0.3, 0.4) is 0 Å². The molecule has 0 radical (unpaired) electrons. The van der Waals surface area contributed by atoms with Gasteiger partial charge in [-0.15, -0.1) is 10.2 Å². The lowest BCUT2D eigenvalue weighted by Gasteiger charge is -2.17. The minimum Gasteiger partial charge on any atom is -0.313 e. The fourth-order valence-corrected chi connectivity index (χ4v) is 2.36. The van der Waals surface area contributed by atoms with E-state index in [-0.39, 0.29) is 0 Å². The van der Waals surface area contributed by atoms with Crippen molar-refractivity contribution in [1.29, 1.82) is 0 Å². The van der Waals surface area contributed by atoms with Crippen LogP contribution in [0.1, 0.15) is 33.6 Å². The highest BCUT2D eigenvalue weighted by Crippen LogP contribution is 2.19. The second-order valence-corrected chi connectivity index (χ2v) is 5.48. The molecule has 16 heavy (non-hydrogen) atoms. The number of aromatic nitrogens is 3. The minimum absolute atomic E-state index is 0.517. The molecular weight excluding hydrogens is 220 g/mol. The molecule has 1 N–H and O–H groups in total. The molecule has 92 valence electrons. The summed E-state index contributed by atoms with van der Waals surface area (Å²) < 4.78 is 1.96. The summed E-state index contributed by atoms with van der Waals surface area (Å²) >= 11 is 1.77. The largest absolute Gasteiger partial charge is 0.313 e. The molecule has 1 heterocycles. The summed E-state index contributed by atoms with van der Waals surface area (Å²) in [7, 11) is 1.98. The van der Waals surface area contributed by atoms with E-state index < -0.39 is 0 Å². The summed E-state index contributed by atoms with van der Waals surface area (Å²) in [5.74, 6) is 0. The van der Waals surface area contributed by atoms with Crippen molar-refractivity contribution in [3.63, 3.8) is 0 Å². The smallest absolute Gasteiger partial charge is 0.191 e. The van der Waals surface area contributed by atoms with Gasteiger partial charge in [-0.2, -0.15) is 0 Å². The molecule has 0 aliphatic carbocycles. The molecule has 4 nitrogen and oxygen atoms in total. The van der Waals surface area contributed by atoms with Crippen molar-refractivity contribution in [3.05, 3.63) is 6.33 Å². The van der Waals surface area contributed by atoms with E-state index in [0.717, 1.165) is 11.7 Å². The third-order valence-corrected chi connectivity index (χ3v) is 3.81. The average Bonchev–Trinajstić information content (AvgIpc) is 2.66. The van der Waals surface area contributed by atoms with Crippen LogP contribution in [-0.4, -0.2) is 32.6 Å². The van der Waals surface area contributed by atoms with Gasteiger partial charge in [0.15, 0.2) is 5.16 Å². The Morgan fingerprint density at radius 2 is 2.12 bits per heavy atom. The summed E-state index contributed by atoms with van der Waals surface area (Å²) in [5, 5.41) is 13.0. The third kappa shape index (κ3) is 4.14. The maximum atomic E-state index is 4.07. The van der Waals surface area contributed by atoms with Crippen molar-refractivity contribution < 1.29 is 0 Å². The number of nitrogens with one attached hydrogen (secondary N) is 1. The first kappa shape index (κ1) is 13.5. The van der Waals surface area contributed by atoms with Crippen LogP contribution in [0, 0.1) is 0 Å². The van der Waals surface area contributed by atoms with E-state index in [1.165, 1.54) is 12.8 Å². The molecule has 0 aliphatic heterocycles. The van der Waals surface area contributed by atoms with Crippen molar-refractivity contribution in [2.45, 2.75) is 50.1 Å². The van der Waals surface area contributed by atoms with Crippen LogP contribution < -0.4 is 5.32 Å². The van der Waals surface area contributed by atoms with Crippen LogP contribution in [0.2, 0.25) is 0 Å². The molecule has 0 aromatic carbocycles. The highest BCUT2D eigenvalue weighted by molar-refractivity contribution is 7.99. The number of rotatable bonds is 7. The van der Waals surface area contributed by atoms with Gasteiger partial charge in [0.2, 0.25) is 0 Å². The van der Waals surface area contributed by atoms with Crippen molar-refractivity contribution in [1.82, 2.24) is 20.1 Å². The molecule has 0 amide bonds. The van der Waals surface area contributed by atoms with Gasteiger partial charge >= 0.3 is 0 Å². The van der Waals surface area contributed by atoms with Crippen LogP contribution in [0.4, 0.5) is 0 Å². The fraction of sp³-hybridized carbons (Fsp3) is 0.818. The number of nitrogens with zero attached hydrogens (tertiary/aromatic N) is 3. The second kappa shape index (κ2) is 6.91. The zero-order chi connectivity index (χ0) is 12.0. The molecule has 1 rings (SSSR count). The summed E-state index contributed by atoms with van der Waals surface area (Å²) in [5.41, 5.74) is 0. The maximum Gasteiger partial charge on any atom is 0.191 e. The van der Waals surface area contributed by atoms with Gasteiger partial charge in [0.25, 0.3) is 0 Å². The molecule has 1 atom stereocenters. The molecule has 1 aromatic rings. The van der Waals surface area contributed by atoms with Crippen molar-refractivity contribution in [3.8, 4) is 0 Å². The normalized spacial score (nSPS) is 13.3. The van der Waals surface area contributed by atoms with Gasteiger partial charge in [0, 0.05) is 24.9 Å². The highest BCUT2D eigenvalue weighted by Gasteiger charge is 2.10. The number of hydrogen-bond donors (Lipinski definition) is 1. The van der Waals surface area contributed by atoms with Crippen LogP contribution in [0.25, 0.3) is 0 Å². The molecule has 1 unspecified atom stereocenters. The molecule has 0 spiro atoms. The lowest BCUT2D eigenvalue weighted by molar-refractivity contribution is 0.487. The van der Waals surface area contributed by atoms with E-state index in [1.54, 1.807) is 18.1 Å². The predicted octanol–water partition coefficient (Wildman–Crippen LogP) is 2.07. The SMILES string of the molecule is CCC(CC)NCC(C)Sc1nncn1C. The first-order chi connectivity index (χ1) is 7.67. The average molecular weight is 242 g/mol. The van der Waals surface area contributed by atoms with E-state index in [9.17, 15) is 0 Å². The van der Waals surface area contributed by atoms with Crippen molar-refractivity contribution in [2.24, 2.45) is 7.05 Å². The molecule has 0 bridgehead atoms. The van der Waals surface area contributed by atoms with E-state index in [4.69, 9.17) is 0 Å². The van der Waals surface area contributed by atoms with Gasteiger partial charge in [0.05, 0.1) is 0 Å². The van der Waals surface area contributed by atoms with Crippen LogP contribution in [-0.2, 0) is 7.05 Å². The fourth-order valence-electron chi connectivity index (χ4n) is 1.51. The van der Waals surface area contributed by atoms with Crippen LogP contribution >= 0.6 is 11.8 Å². The Morgan fingerprint density at radius 1 is 1.44 bits per heavy atom. The minimum atomic E-state index is 0.517. The lowest BCUT2D eigenvalue weighted by atomic mass is 10.2. The zero-order valence-corrected chi connectivity index (χ0v) is 11.4. The molecule has 0 aliphatic rings. The molecule has 0 saturated carbocycles. The molecular formula is C11H22N4S. The summed E-state index contributed by atoms with van der Waals surface area (Å²) in [4.78, 5) is 0. The zero-order valence-electron chi connectivity index (χ0n) is 10.6.